The summed E-state index contributed by atoms with van der Waals surface area (Å²) in [5.41, 5.74) is 3.30. The molecule has 3 rings (SSSR count). The number of rotatable bonds is 6. The highest BCUT2D eigenvalue weighted by molar-refractivity contribution is 7.80. The molecule has 2 atom stereocenters. The van der Waals surface area contributed by atoms with E-state index in [0.29, 0.717) is 10.9 Å². The van der Waals surface area contributed by atoms with Gasteiger partial charge in [0.2, 0.25) is 0 Å². The van der Waals surface area contributed by atoms with Gasteiger partial charge >= 0.3 is 0 Å². The summed E-state index contributed by atoms with van der Waals surface area (Å²) in [5, 5.41) is 7.11. The fourth-order valence-electron chi connectivity index (χ4n) is 3.74. The second kappa shape index (κ2) is 9.83. The van der Waals surface area contributed by atoms with E-state index in [2.05, 4.69) is 53.6 Å². The lowest BCUT2D eigenvalue weighted by Crippen LogP contribution is -2.34. The minimum absolute atomic E-state index is 0.0913. The third-order valence-corrected chi connectivity index (χ3v) is 5.64. The van der Waals surface area contributed by atoms with E-state index < -0.39 is 0 Å². The SMILES string of the molecule is COc1ccc(NC(=S)NC(C)c2ccc(N3CCCC(C)C3)cc2)c(OC)c1. The first-order valence-corrected chi connectivity index (χ1v) is 10.6. The van der Waals surface area contributed by atoms with Crippen LogP contribution >= 0.6 is 12.2 Å². The number of piperidine rings is 1. The zero-order valence-corrected chi connectivity index (χ0v) is 18.5. The second-order valence-corrected chi connectivity index (χ2v) is 8.08. The van der Waals surface area contributed by atoms with Crippen molar-refractivity contribution < 1.29 is 9.47 Å². The molecule has 0 radical (unpaired) electrons. The number of methoxy groups -OCH3 is 2. The third-order valence-electron chi connectivity index (χ3n) is 5.42. The molecule has 1 fully saturated rings. The number of anilines is 2. The van der Waals surface area contributed by atoms with Crippen LogP contribution in [0, 0.1) is 5.92 Å². The van der Waals surface area contributed by atoms with E-state index in [9.17, 15) is 0 Å². The predicted molar refractivity (Wildman–Crippen MR) is 124 cm³/mol. The van der Waals surface area contributed by atoms with Crippen molar-refractivity contribution in [2.45, 2.75) is 32.7 Å². The van der Waals surface area contributed by atoms with E-state index in [4.69, 9.17) is 21.7 Å². The van der Waals surface area contributed by atoms with Crippen LogP contribution in [0.1, 0.15) is 38.3 Å². The minimum Gasteiger partial charge on any atom is -0.497 e. The zero-order valence-electron chi connectivity index (χ0n) is 17.7. The molecule has 0 saturated carbocycles. The molecule has 0 amide bonds. The molecule has 2 unspecified atom stereocenters. The Hall–Kier alpha value is -2.47. The maximum atomic E-state index is 5.50. The Balaban J connectivity index is 1.59. The number of nitrogens with one attached hydrogen (secondary N) is 2. The van der Waals surface area contributed by atoms with Crippen molar-refractivity contribution >= 4 is 28.7 Å². The summed E-state index contributed by atoms with van der Waals surface area (Å²) in [6.07, 6.45) is 2.61. The van der Waals surface area contributed by atoms with Crippen LogP contribution in [0.3, 0.4) is 0 Å². The van der Waals surface area contributed by atoms with Gasteiger partial charge in [0, 0.05) is 24.8 Å². The molecule has 5 nitrogen and oxygen atoms in total. The Labute approximate surface area is 179 Å². The van der Waals surface area contributed by atoms with Crippen molar-refractivity contribution in [3.63, 3.8) is 0 Å². The van der Waals surface area contributed by atoms with E-state index in [1.165, 1.54) is 24.1 Å². The van der Waals surface area contributed by atoms with Gasteiger partial charge in [-0.1, -0.05) is 19.1 Å². The third kappa shape index (κ3) is 5.54. The van der Waals surface area contributed by atoms with Crippen molar-refractivity contribution in [2.75, 3.05) is 37.5 Å². The Morgan fingerprint density at radius 3 is 2.55 bits per heavy atom. The fraction of sp³-hybridized carbons (Fsp3) is 0.435. The molecule has 2 aromatic rings. The highest BCUT2D eigenvalue weighted by Crippen LogP contribution is 2.29. The van der Waals surface area contributed by atoms with Crippen LogP contribution < -0.4 is 25.0 Å². The maximum absolute atomic E-state index is 5.50. The first kappa shape index (κ1) is 21.2. The molecule has 0 bridgehead atoms. The average Bonchev–Trinajstić information content (AvgIpc) is 2.74. The monoisotopic (exact) mass is 413 g/mol. The number of nitrogens with zero attached hydrogens (tertiary/aromatic N) is 1. The maximum Gasteiger partial charge on any atom is 0.171 e. The summed E-state index contributed by atoms with van der Waals surface area (Å²) < 4.78 is 10.7. The van der Waals surface area contributed by atoms with Crippen LogP contribution in [-0.2, 0) is 0 Å². The molecule has 6 heteroatoms. The highest BCUT2D eigenvalue weighted by Gasteiger charge is 2.17. The van der Waals surface area contributed by atoms with Gasteiger partial charge in [-0.05, 0) is 67.7 Å². The van der Waals surface area contributed by atoms with Crippen molar-refractivity contribution in [3.05, 3.63) is 48.0 Å². The Bertz CT molecular complexity index is 825. The van der Waals surface area contributed by atoms with Crippen molar-refractivity contribution in [3.8, 4) is 11.5 Å². The van der Waals surface area contributed by atoms with Crippen molar-refractivity contribution in [1.82, 2.24) is 5.32 Å². The van der Waals surface area contributed by atoms with Gasteiger partial charge in [-0.2, -0.15) is 0 Å². The van der Waals surface area contributed by atoms with E-state index in [0.717, 1.165) is 30.4 Å². The Morgan fingerprint density at radius 2 is 1.90 bits per heavy atom. The zero-order chi connectivity index (χ0) is 20.8. The van der Waals surface area contributed by atoms with Gasteiger partial charge in [0.15, 0.2) is 5.11 Å². The van der Waals surface area contributed by atoms with E-state index in [1.807, 2.05) is 18.2 Å². The molecule has 0 aliphatic carbocycles. The van der Waals surface area contributed by atoms with Crippen LogP contribution in [0.4, 0.5) is 11.4 Å². The topological polar surface area (TPSA) is 45.8 Å². The van der Waals surface area contributed by atoms with Gasteiger partial charge in [0.1, 0.15) is 11.5 Å². The van der Waals surface area contributed by atoms with Crippen LogP contribution in [0.2, 0.25) is 0 Å². The predicted octanol–water partition coefficient (Wildman–Crippen LogP) is 4.99. The summed E-state index contributed by atoms with van der Waals surface area (Å²) in [4.78, 5) is 2.48. The summed E-state index contributed by atoms with van der Waals surface area (Å²) >= 11 is 5.50. The quantitative estimate of drug-likeness (QED) is 0.651. The van der Waals surface area contributed by atoms with Gasteiger partial charge in [0.25, 0.3) is 0 Å². The molecule has 1 aliphatic rings. The molecule has 29 heavy (non-hydrogen) atoms. The number of thiocarbonyl (C=S) groups is 1. The number of hydrogen-bond donors (Lipinski definition) is 2. The van der Waals surface area contributed by atoms with Crippen molar-refractivity contribution in [1.29, 1.82) is 0 Å². The lowest BCUT2D eigenvalue weighted by molar-refractivity contribution is 0.395. The molecule has 2 aromatic carbocycles. The van der Waals surface area contributed by atoms with Crippen LogP contribution in [0.15, 0.2) is 42.5 Å². The molecule has 1 heterocycles. The Kier molecular flexibility index (Phi) is 7.20. The average molecular weight is 414 g/mol. The Morgan fingerprint density at radius 1 is 1.14 bits per heavy atom. The number of ether oxygens (including phenoxy) is 2. The molecule has 2 N–H and O–H groups in total. The van der Waals surface area contributed by atoms with Crippen LogP contribution in [0.25, 0.3) is 0 Å². The van der Waals surface area contributed by atoms with Crippen LogP contribution in [-0.4, -0.2) is 32.4 Å². The first-order valence-electron chi connectivity index (χ1n) is 10.1. The molecule has 156 valence electrons. The van der Waals surface area contributed by atoms with Gasteiger partial charge in [-0.15, -0.1) is 0 Å². The largest absolute Gasteiger partial charge is 0.497 e. The summed E-state index contributed by atoms with van der Waals surface area (Å²) in [6.45, 7) is 6.73. The van der Waals surface area contributed by atoms with Gasteiger partial charge in [-0.3, -0.25) is 0 Å². The lowest BCUT2D eigenvalue weighted by atomic mass is 9.99. The number of benzene rings is 2. The summed E-state index contributed by atoms with van der Waals surface area (Å²) in [5.74, 6) is 2.19. The molecular weight excluding hydrogens is 382 g/mol. The highest BCUT2D eigenvalue weighted by atomic mass is 32.1. The van der Waals surface area contributed by atoms with Gasteiger partial charge in [-0.25, -0.2) is 0 Å². The smallest absolute Gasteiger partial charge is 0.171 e. The lowest BCUT2D eigenvalue weighted by Gasteiger charge is -2.33. The first-order chi connectivity index (χ1) is 14.0. The fourth-order valence-corrected chi connectivity index (χ4v) is 4.02. The van der Waals surface area contributed by atoms with Crippen LogP contribution in [0.5, 0.6) is 11.5 Å². The van der Waals surface area contributed by atoms with Crippen molar-refractivity contribution in [2.24, 2.45) is 5.92 Å². The van der Waals surface area contributed by atoms with E-state index >= 15 is 0 Å². The summed E-state index contributed by atoms with van der Waals surface area (Å²) in [7, 11) is 3.26. The van der Waals surface area contributed by atoms with E-state index in [1.54, 1.807) is 14.2 Å². The number of hydrogen-bond acceptors (Lipinski definition) is 4. The van der Waals surface area contributed by atoms with Gasteiger partial charge < -0.3 is 25.0 Å². The minimum atomic E-state index is 0.0913. The molecular formula is C23H31N3O2S. The second-order valence-electron chi connectivity index (χ2n) is 7.67. The van der Waals surface area contributed by atoms with E-state index in [-0.39, 0.29) is 6.04 Å². The normalized spacial score (nSPS) is 17.4. The molecule has 0 aromatic heterocycles. The summed E-state index contributed by atoms with van der Waals surface area (Å²) in [6, 6.07) is 14.5. The standard InChI is InChI=1S/C23H31N3O2S/c1-16-6-5-13-26(15-16)19-9-7-18(8-10-19)17(2)24-23(29)25-21-12-11-20(27-3)14-22(21)28-4/h7-12,14,16-17H,5-6,13,15H2,1-4H3,(H2,24,25,29). The molecule has 0 spiro atoms. The van der Waals surface area contributed by atoms with Gasteiger partial charge in [0.05, 0.1) is 25.9 Å². The molecule has 1 saturated heterocycles. The molecule has 1 aliphatic heterocycles.